The van der Waals surface area contributed by atoms with Crippen LogP contribution in [-0.4, -0.2) is 38.5 Å². The molecule has 0 fully saturated rings. The number of sulfonamides is 1. The van der Waals surface area contributed by atoms with Crippen LogP contribution in [0.15, 0.2) is 35.2 Å². The van der Waals surface area contributed by atoms with Crippen molar-refractivity contribution < 1.29 is 8.42 Å². The van der Waals surface area contributed by atoms with E-state index in [-0.39, 0.29) is 0 Å². The van der Waals surface area contributed by atoms with Gasteiger partial charge in [0.2, 0.25) is 0 Å². The first-order valence-electron chi connectivity index (χ1n) is 4.75. The summed E-state index contributed by atoms with van der Waals surface area (Å²) in [6.45, 7) is 2.54. The van der Waals surface area contributed by atoms with Crippen LogP contribution in [0.2, 0.25) is 0 Å². The van der Waals surface area contributed by atoms with Crippen molar-refractivity contribution in [3.8, 4) is 0 Å². The topological polar surface area (TPSA) is 40.6 Å². The highest BCUT2D eigenvalue weighted by Crippen LogP contribution is 2.14. The molecule has 0 saturated carbocycles. The normalized spacial score (nSPS) is 12.3. The summed E-state index contributed by atoms with van der Waals surface area (Å²) < 4.78 is 25.3. The molecule has 0 bridgehead atoms. The van der Waals surface area contributed by atoms with E-state index in [1.165, 1.54) is 4.41 Å². The third-order valence-corrected chi connectivity index (χ3v) is 4.17. The largest absolute Gasteiger partial charge is 0.255 e. The predicted molar refractivity (Wildman–Crippen MR) is 59.7 cm³/mol. The van der Waals surface area contributed by atoms with Crippen LogP contribution in [0.25, 0.3) is 0 Å². The number of nitrogens with zero attached hydrogens (tertiary/aromatic N) is 2. The van der Waals surface area contributed by atoms with Gasteiger partial charge in [-0.2, -0.15) is 0 Å². The van der Waals surface area contributed by atoms with Gasteiger partial charge in [0.25, 0.3) is 10.0 Å². The first-order chi connectivity index (χ1) is 7.00. The Labute approximate surface area is 91.1 Å². The highest BCUT2D eigenvalue weighted by atomic mass is 32.2. The molecule has 0 saturated heterocycles. The molecule has 1 aromatic carbocycles. The fraction of sp³-hybridized carbons (Fsp3) is 0.400. The lowest BCUT2D eigenvalue weighted by Crippen LogP contribution is -2.40. The van der Waals surface area contributed by atoms with Crippen molar-refractivity contribution in [1.82, 2.24) is 9.42 Å². The number of hydrogen-bond acceptors (Lipinski definition) is 3. The fourth-order valence-electron chi connectivity index (χ4n) is 1.13. The molecule has 84 valence electrons. The molecule has 4 nitrogen and oxygen atoms in total. The van der Waals surface area contributed by atoms with Crippen LogP contribution < -0.4 is 0 Å². The lowest BCUT2D eigenvalue weighted by molar-refractivity contribution is 0.128. The number of hydrogen-bond donors (Lipinski definition) is 0. The van der Waals surface area contributed by atoms with Crippen molar-refractivity contribution in [2.45, 2.75) is 11.8 Å². The SMILES string of the molecule is CCN(C)N(C)S(=O)(=O)c1ccccc1. The minimum absolute atomic E-state index is 0.313. The second-order valence-electron chi connectivity index (χ2n) is 3.23. The summed E-state index contributed by atoms with van der Waals surface area (Å²) >= 11 is 0. The lowest BCUT2D eigenvalue weighted by Gasteiger charge is -2.26. The van der Waals surface area contributed by atoms with Gasteiger partial charge in [-0.15, -0.1) is 4.41 Å². The summed E-state index contributed by atoms with van der Waals surface area (Å²) in [7, 11) is -0.107. The van der Waals surface area contributed by atoms with Crippen LogP contribution in [-0.2, 0) is 10.0 Å². The van der Waals surface area contributed by atoms with Gasteiger partial charge in [-0.3, -0.25) is 0 Å². The molecule has 15 heavy (non-hydrogen) atoms. The zero-order valence-corrected chi connectivity index (χ0v) is 10.0. The summed E-state index contributed by atoms with van der Waals surface area (Å²) in [5.41, 5.74) is 0. The van der Waals surface area contributed by atoms with Crippen LogP contribution in [0.5, 0.6) is 0 Å². The molecule has 5 heteroatoms. The first-order valence-corrected chi connectivity index (χ1v) is 6.19. The summed E-state index contributed by atoms with van der Waals surface area (Å²) in [6, 6.07) is 8.41. The van der Waals surface area contributed by atoms with Gasteiger partial charge in [0.15, 0.2) is 0 Å². The quantitative estimate of drug-likeness (QED) is 0.726. The Bertz CT molecular complexity index is 403. The van der Waals surface area contributed by atoms with Crippen molar-refractivity contribution in [1.29, 1.82) is 0 Å². The van der Waals surface area contributed by atoms with E-state index >= 15 is 0 Å². The Kier molecular flexibility index (Phi) is 3.84. The highest BCUT2D eigenvalue weighted by molar-refractivity contribution is 7.89. The predicted octanol–water partition coefficient (Wildman–Crippen LogP) is 1.17. The molecule has 0 unspecified atom stereocenters. The molecule has 0 aromatic heterocycles. The maximum absolute atomic E-state index is 12.0. The van der Waals surface area contributed by atoms with Crippen molar-refractivity contribution in [3.63, 3.8) is 0 Å². The molecule has 0 aliphatic rings. The third-order valence-electron chi connectivity index (χ3n) is 2.33. The Morgan fingerprint density at radius 3 is 2.13 bits per heavy atom. The number of benzene rings is 1. The van der Waals surface area contributed by atoms with Gasteiger partial charge in [-0.05, 0) is 12.1 Å². The summed E-state index contributed by atoms with van der Waals surface area (Å²) in [4.78, 5) is 0.313. The Morgan fingerprint density at radius 1 is 1.13 bits per heavy atom. The minimum atomic E-state index is -3.39. The average molecular weight is 228 g/mol. The zero-order valence-electron chi connectivity index (χ0n) is 9.21. The molecule has 1 rings (SSSR count). The van der Waals surface area contributed by atoms with Crippen molar-refractivity contribution in [2.24, 2.45) is 0 Å². The van der Waals surface area contributed by atoms with Gasteiger partial charge < -0.3 is 0 Å². The van der Waals surface area contributed by atoms with E-state index in [0.29, 0.717) is 11.4 Å². The standard InChI is InChI=1S/C10H16N2O2S/c1-4-11(2)12(3)15(13,14)10-8-6-5-7-9-10/h5-9H,4H2,1-3H3. The summed E-state index contributed by atoms with van der Waals surface area (Å²) in [5.74, 6) is 0. The molecule has 0 N–H and O–H groups in total. The van der Waals surface area contributed by atoms with Gasteiger partial charge in [-0.25, -0.2) is 13.4 Å². The molecule has 0 heterocycles. The van der Waals surface area contributed by atoms with Gasteiger partial charge in [-0.1, -0.05) is 25.1 Å². The summed E-state index contributed by atoms with van der Waals surface area (Å²) in [5, 5.41) is 1.64. The van der Waals surface area contributed by atoms with E-state index in [9.17, 15) is 8.42 Å². The molecule has 0 atom stereocenters. The average Bonchev–Trinajstić information content (AvgIpc) is 2.28. The second kappa shape index (κ2) is 4.74. The third kappa shape index (κ3) is 2.56. The molecule has 0 spiro atoms. The van der Waals surface area contributed by atoms with Crippen LogP contribution in [0.3, 0.4) is 0 Å². The maximum Gasteiger partial charge on any atom is 0.255 e. The van der Waals surface area contributed by atoms with E-state index in [2.05, 4.69) is 0 Å². The molecular weight excluding hydrogens is 212 g/mol. The molecule has 0 aliphatic heterocycles. The van der Waals surface area contributed by atoms with Crippen LogP contribution in [0.1, 0.15) is 6.92 Å². The van der Waals surface area contributed by atoms with E-state index in [1.807, 2.05) is 6.92 Å². The molecule has 0 radical (unpaired) electrons. The second-order valence-corrected chi connectivity index (χ2v) is 5.18. The zero-order chi connectivity index (χ0) is 11.5. The van der Waals surface area contributed by atoms with Gasteiger partial charge in [0, 0.05) is 20.6 Å². The van der Waals surface area contributed by atoms with Gasteiger partial charge >= 0.3 is 0 Å². The van der Waals surface area contributed by atoms with Crippen molar-refractivity contribution in [2.75, 3.05) is 20.6 Å². The lowest BCUT2D eigenvalue weighted by atomic mass is 10.4. The highest BCUT2D eigenvalue weighted by Gasteiger charge is 2.22. The first kappa shape index (κ1) is 12.2. The smallest absolute Gasteiger partial charge is 0.231 e. The fourth-order valence-corrected chi connectivity index (χ4v) is 2.42. The van der Waals surface area contributed by atoms with Gasteiger partial charge in [0.05, 0.1) is 4.90 Å². The number of rotatable bonds is 4. The van der Waals surface area contributed by atoms with Crippen LogP contribution in [0.4, 0.5) is 0 Å². The molecule has 1 aromatic rings. The van der Waals surface area contributed by atoms with E-state index in [4.69, 9.17) is 0 Å². The molecule has 0 aliphatic carbocycles. The minimum Gasteiger partial charge on any atom is -0.231 e. The monoisotopic (exact) mass is 228 g/mol. The molecule has 0 amide bonds. The van der Waals surface area contributed by atoms with Crippen LogP contribution in [0, 0.1) is 0 Å². The molecular formula is C10H16N2O2S. The Balaban J connectivity index is 3.04. The Morgan fingerprint density at radius 2 is 1.67 bits per heavy atom. The summed E-state index contributed by atoms with van der Waals surface area (Å²) in [6.07, 6.45) is 0. The van der Waals surface area contributed by atoms with Gasteiger partial charge in [0.1, 0.15) is 0 Å². The number of hydrazine groups is 1. The van der Waals surface area contributed by atoms with E-state index in [1.54, 1.807) is 49.4 Å². The Hall–Kier alpha value is -0.910. The van der Waals surface area contributed by atoms with Crippen molar-refractivity contribution in [3.05, 3.63) is 30.3 Å². The maximum atomic E-state index is 12.0. The van der Waals surface area contributed by atoms with E-state index in [0.717, 1.165) is 0 Å². The van der Waals surface area contributed by atoms with Crippen molar-refractivity contribution >= 4 is 10.0 Å². The van der Waals surface area contributed by atoms with E-state index < -0.39 is 10.0 Å². The van der Waals surface area contributed by atoms with Crippen LogP contribution >= 0.6 is 0 Å².